The van der Waals surface area contributed by atoms with Gasteiger partial charge in [0.15, 0.2) is 5.52 Å². The zero-order valence-corrected chi connectivity index (χ0v) is 14.1. The van der Waals surface area contributed by atoms with Crippen LogP contribution in [0, 0.1) is 0 Å². The van der Waals surface area contributed by atoms with Gasteiger partial charge in [0.1, 0.15) is 16.2 Å². The Hall–Kier alpha value is -2.45. The van der Waals surface area contributed by atoms with Gasteiger partial charge in [-0.05, 0) is 54.0 Å². The summed E-state index contributed by atoms with van der Waals surface area (Å²) in [4.78, 5) is 0.0362. The second-order valence-electron chi connectivity index (χ2n) is 5.24. The maximum Gasteiger partial charge on any atom is 0.243 e. The highest BCUT2D eigenvalue weighted by Crippen LogP contribution is 2.24. The van der Waals surface area contributed by atoms with Crippen molar-refractivity contribution in [2.45, 2.75) is 24.8 Å². The fourth-order valence-electron chi connectivity index (χ4n) is 2.40. The Morgan fingerprint density at radius 3 is 2.79 bits per heavy atom. The summed E-state index contributed by atoms with van der Waals surface area (Å²) in [6.07, 6.45) is 0. The lowest BCUT2D eigenvalue weighted by molar-refractivity contribution is 0.315. The number of nitrogens with one attached hydrogen (secondary N) is 1. The van der Waals surface area contributed by atoms with E-state index in [9.17, 15) is 8.42 Å². The van der Waals surface area contributed by atoms with E-state index >= 15 is 0 Å². The van der Waals surface area contributed by atoms with E-state index in [0.29, 0.717) is 17.9 Å². The van der Waals surface area contributed by atoms with Crippen molar-refractivity contribution in [1.82, 2.24) is 15.0 Å². The van der Waals surface area contributed by atoms with Gasteiger partial charge in [-0.3, -0.25) is 0 Å². The van der Waals surface area contributed by atoms with Gasteiger partial charge in [0, 0.05) is 6.04 Å². The molecular weight excluding hydrogens is 330 g/mol. The van der Waals surface area contributed by atoms with Gasteiger partial charge in [0.25, 0.3) is 0 Å². The van der Waals surface area contributed by atoms with Crippen LogP contribution in [-0.4, -0.2) is 25.3 Å². The van der Waals surface area contributed by atoms with Gasteiger partial charge < -0.3 is 4.74 Å². The van der Waals surface area contributed by atoms with Crippen molar-refractivity contribution in [3.05, 3.63) is 48.0 Å². The summed E-state index contributed by atoms with van der Waals surface area (Å²) in [7, 11) is -3.78. The van der Waals surface area contributed by atoms with Crippen LogP contribution in [0.1, 0.15) is 25.5 Å². The SMILES string of the molecule is CCOc1cccc([C@H](C)NS(=O)(=O)c2cccc3nonc23)c1. The van der Waals surface area contributed by atoms with Crippen LogP contribution < -0.4 is 9.46 Å². The van der Waals surface area contributed by atoms with Crippen LogP contribution in [0.15, 0.2) is 52.0 Å². The molecule has 1 atom stereocenters. The summed E-state index contributed by atoms with van der Waals surface area (Å²) in [6, 6.07) is 11.6. The highest BCUT2D eigenvalue weighted by Gasteiger charge is 2.23. The van der Waals surface area contributed by atoms with E-state index in [2.05, 4.69) is 19.7 Å². The first-order chi connectivity index (χ1) is 11.5. The van der Waals surface area contributed by atoms with Crippen molar-refractivity contribution in [2.75, 3.05) is 6.61 Å². The number of sulfonamides is 1. The van der Waals surface area contributed by atoms with Crippen LogP contribution in [0.5, 0.6) is 5.75 Å². The van der Waals surface area contributed by atoms with Crippen molar-refractivity contribution in [3.8, 4) is 5.75 Å². The van der Waals surface area contributed by atoms with Crippen molar-refractivity contribution in [1.29, 1.82) is 0 Å². The number of benzene rings is 2. The minimum Gasteiger partial charge on any atom is -0.494 e. The number of aromatic nitrogens is 2. The number of rotatable bonds is 6. The summed E-state index contributed by atoms with van der Waals surface area (Å²) >= 11 is 0. The summed E-state index contributed by atoms with van der Waals surface area (Å²) in [6.45, 7) is 4.21. The van der Waals surface area contributed by atoms with Gasteiger partial charge in [0.2, 0.25) is 10.0 Å². The third kappa shape index (κ3) is 3.24. The van der Waals surface area contributed by atoms with Gasteiger partial charge in [-0.25, -0.2) is 17.8 Å². The summed E-state index contributed by atoms with van der Waals surface area (Å²) < 4.78 is 38.1. The zero-order valence-electron chi connectivity index (χ0n) is 13.3. The molecule has 7 nitrogen and oxygen atoms in total. The standard InChI is InChI=1S/C16H17N3O4S/c1-3-22-13-7-4-6-12(10-13)11(2)19-24(20,21)15-9-5-8-14-16(15)18-23-17-14/h4-11,19H,3H2,1-2H3/t11-/m0/s1. The largest absolute Gasteiger partial charge is 0.494 e. The second-order valence-corrected chi connectivity index (χ2v) is 6.92. The molecule has 0 unspecified atom stereocenters. The Balaban J connectivity index is 1.89. The third-order valence-electron chi connectivity index (χ3n) is 3.54. The fraction of sp³-hybridized carbons (Fsp3) is 0.250. The van der Waals surface area contributed by atoms with Crippen LogP contribution in [0.25, 0.3) is 11.0 Å². The Morgan fingerprint density at radius 2 is 2.00 bits per heavy atom. The average Bonchev–Trinajstić information content (AvgIpc) is 3.03. The van der Waals surface area contributed by atoms with Crippen molar-refractivity contribution < 1.29 is 17.8 Å². The van der Waals surface area contributed by atoms with E-state index in [1.165, 1.54) is 6.07 Å². The van der Waals surface area contributed by atoms with E-state index < -0.39 is 16.1 Å². The molecule has 1 N–H and O–H groups in total. The van der Waals surface area contributed by atoms with Crippen LogP contribution in [-0.2, 0) is 10.0 Å². The Labute approximate surface area is 139 Å². The molecule has 1 heterocycles. The number of hydrogen-bond donors (Lipinski definition) is 1. The molecular formula is C16H17N3O4S. The summed E-state index contributed by atoms with van der Waals surface area (Å²) in [5.74, 6) is 0.698. The molecule has 0 aliphatic carbocycles. The molecule has 3 rings (SSSR count). The molecule has 3 aromatic rings. The molecule has 0 spiro atoms. The topological polar surface area (TPSA) is 94.3 Å². The molecule has 0 amide bonds. The van der Waals surface area contributed by atoms with Crippen LogP contribution >= 0.6 is 0 Å². The van der Waals surface area contributed by atoms with E-state index in [1.807, 2.05) is 31.2 Å². The average molecular weight is 347 g/mol. The second kappa shape index (κ2) is 6.58. The number of hydrogen-bond acceptors (Lipinski definition) is 6. The molecule has 0 aliphatic heterocycles. The molecule has 0 saturated carbocycles. The number of fused-ring (bicyclic) bond motifs is 1. The highest BCUT2D eigenvalue weighted by atomic mass is 32.2. The summed E-state index contributed by atoms with van der Waals surface area (Å²) in [5, 5.41) is 7.35. The molecule has 0 aliphatic rings. The lowest BCUT2D eigenvalue weighted by Gasteiger charge is -2.15. The van der Waals surface area contributed by atoms with E-state index in [-0.39, 0.29) is 10.4 Å². The smallest absolute Gasteiger partial charge is 0.243 e. The minimum absolute atomic E-state index is 0.0362. The predicted molar refractivity (Wildman–Crippen MR) is 88.2 cm³/mol. The van der Waals surface area contributed by atoms with Gasteiger partial charge >= 0.3 is 0 Å². The van der Waals surface area contributed by atoms with Crippen molar-refractivity contribution in [3.63, 3.8) is 0 Å². The van der Waals surface area contributed by atoms with Crippen LogP contribution in [0.2, 0.25) is 0 Å². The van der Waals surface area contributed by atoms with E-state index in [0.717, 1.165) is 5.56 Å². The molecule has 0 bridgehead atoms. The highest BCUT2D eigenvalue weighted by molar-refractivity contribution is 7.89. The first kappa shape index (κ1) is 16.4. The maximum absolute atomic E-state index is 12.7. The van der Waals surface area contributed by atoms with Gasteiger partial charge in [0.05, 0.1) is 6.61 Å². The normalized spacial score (nSPS) is 13.1. The Bertz CT molecular complexity index is 953. The number of ether oxygens (including phenoxy) is 1. The molecule has 1 aromatic heterocycles. The molecule has 8 heteroatoms. The van der Waals surface area contributed by atoms with Crippen molar-refractivity contribution >= 4 is 21.1 Å². The fourth-order valence-corrected chi connectivity index (χ4v) is 3.79. The minimum atomic E-state index is -3.78. The molecule has 0 fully saturated rings. The molecule has 126 valence electrons. The molecule has 2 aromatic carbocycles. The monoisotopic (exact) mass is 347 g/mol. The van der Waals surface area contributed by atoms with Gasteiger partial charge in [-0.1, -0.05) is 18.2 Å². The predicted octanol–water partition coefficient (Wildman–Crippen LogP) is 2.66. The molecule has 24 heavy (non-hydrogen) atoms. The zero-order chi connectivity index (χ0) is 17.2. The van der Waals surface area contributed by atoms with Crippen molar-refractivity contribution in [2.24, 2.45) is 0 Å². The quantitative estimate of drug-likeness (QED) is 0.737. The maximum atomic E-state index is 12.7. The first-order valence-corrected chi connectivity index (χ1v) is 8.96. The van der Waals surface area contributed by atoms with E-state index in [4.69, 9.17) is 4.74 Å². The summed E-state index contributed by atoms with van der Waals surface area (Å²) in [5.41, 5.74) is 1.40. The molecule has 0 saturated heterocycles. The van der Waals surface area contributed by atoms with Crippen LogP contribution in [0.4, 0.5) is 0 Å². The van der Waals surface area contributed by atoms with Crippen LogP contribution in [0.3, 0.4) is 0 Å². The lowest BCUT2D eigenvalue weighted by atomic mass is 10.1. The first-order valence-electron chi connectivity index (χ1n) is 7.47. The Kier molecular flexibility index (Phi) is 4.50. The lowest BCUT2D eigenvalue weighted by Crippen LogP contribution is -2.27. The third-order valence-corrected chi connectivity index (χ3v) is 5.11. The molecule has 0 radical (unpaired) electrons. The number of nitrogens with zero attached hydrogens (tertiary/aromatic N) is 2. The van der Waals surface area contributed by atoms with Gasteiger partial charge in [-0.15, -0.1) is 0 Å². The Morgan fingerprint density at radius 1 is 1.21 bits per heavy atom. The van der Waals surface area contributed by atoms with Gasteiger partial charge in [-0.2, -0.15) is 0 Å². The van der Waals surface area contributed by atoms with E-state index in [1.54, 1.807) is 19.1 Å².